The molecular formula is C15H18BrClN2. The molecule has 1 aromatic rings. The van der Waals surface area contributed by atoms with E-state index >= 15 is 0 Å². The van der Waals surface area contributed by atoms with Crippen LogP contribution in [0.5, 0.6) is 0 Å². The van der Waals surface area contributed by atoms with Gasteiger partial charge >= 0.3 is 0 Å². The van der Waals surface area contributed by atoms with Gasteiger partial charge in [-0.3, -0.25) is 0 Å². The molecule has 19 heavy (non-hydrogen) atoms. The third-order valence-corrected chi connectivity index (χ3v) is 4.50. The van der Waals surface area contributed by atoms with Crippen molar-refractivity contribution < 1.29 is 0 Å². The second-order valence-electron chi connectivity index (χ2n) is 4.99. The molecule has 102 valence electrons. The molecule has 1 fully saturated rings. The van der Waals surface area contributed by atoms with Gasteiger partial charge in [-0.25, -0.2) is 0 Å². The van der Waals surface area contributed by atoms with Gasteiger partial charge in [0.1, 0.15) is 0 Å². The summed E-state index contributed by atoms with van der Waals surface area (Å²) in [5.41, 5.74) is 1.06. The Hall–Kier alpha value is -0.720. The topological polar surface area (TPSA) is 27.0 Å². The number of hydrogen-bond acceptors (Lipinski definition) is 2. The molecule has 0 bridgehead atoms. The Morgan fingerprint density at radius 1 is 1.32 bits per heavy atom. The van der Waals surface area contributed by atoms with Crippen molar-refractivity contribution in [2.75, 3.05) is 11.4 Å². The number of halogens is 2. The fourth-order valence-electron chi connectivity index (χ4n) is 2.78. The van der Waals surface area contributed by atoms with Crippen molar-refractivity contribution in [3.63, 3.8) is 0 Å². The molecular weight excluding hydrogens is 324 g/mol. The molecule has 1 aliphatic rings. The van der Waals surface area contributed by atoms with Gasteiger partial charge in [0.2, 0.25) is 0 Å². The lowest BCUT2D eigenvalue weighted by Crippen LogP contribution is -2.37. The van der Waals surface area contributed by atoms with E-state index in [9.17, 15) is 0 Å². The molecule has 0 saturated heterocycles. The van der Waals surface area contributed by atoms with Crippen LogP contribution in [0.15, 0.2) is 22.7 Å². The second kappa shape index (κ2) is 7.17. The summed E-state index contributed by atoms with van der Waals surface area (Å²) in [6.45, 7) is 0.766. The Labute approximate surface area is 128 Å². The molecule has 0 aliphatic heterocycles. The molecule has 1 aromatic carbocycles. The highest BCUT2D eigenvalue weighted by Crippen LogP contribution is 2.34. The van der Waals surface area contributed by atoms with Crippen LogP contribution in [0.1, 0.15) is 38.5 Å². The Kier molecular flexibility index (Phi) is 5.54. The highest BCUT2D eigenvalue weighted by atomic mass is 79.9. The van der Waals surface area contributed by atoms with Gasteiger partial charge in [-0.05, 0) is 31.0 Å². The number of nitriles is 1. The van der Waals surface area contributed by atoms with Crippen molar-refractivity contribution in [3.8, 4) is 6.07 Å². The van der Waals surface area contributed by atoms with Crippen LogP contribution in [-0.4, -0.2) is 12.6 Å². The Morgan fingerprint density at radius 3 is 2.68 bits per heavy atom. The van der Waals surface area contributed by atoms with E-state index in [-0.39, 0.29) is 0 Å². The maximum atomic E-state index is 8.86. The van der Waals surface area contributed by atoms with Gasteiger partial charge < -0.3 is 4.90 Å². The summed E-state index contributed by atoms with van der Waals surface area (Å²) in [6.07, 6.45) is 6.85. The van der Waals surface area contributed by atoms with E-state index in [0.717, 1.165) is 21.7 Å². The van der Waals surface area contributed by atoms with Crippen molar-refractivity contribution in [3.05, 3.63) is 27.7 Å². The molecule has 0 amide bonds. The lowest BCUT2D eigenvalue weighted by Gasteiger charge is -2.36. The molecule has 0 spiro atoms. The number of nitrogens with zero attached hydrogens (tertiary/aromatic N) is 2. The number of benzene rings is 1. The first-order valence-electron chi connectivity index (χ1n) is 6.81. The van der Waals surface area contributed by atoms with E-state index in [2.05, 4.69) is 33.0 Å². The number of rotatable bonds is 4. The largest absolute Gasteiger partial charge is 0.366 e. The van der Waals surface area contributed by atoms with Crippen molar-refractivity contribution in [1.29, 1.82) is 5.26 Å². The van der Waals surface area contributed by atoms with Crippen LogP contribution in [0.25, 0.3) is 0 Å². The molecule has 0 heterocycles. The smallest absolute Gasteiger partial charge is 0.0650 e. The predicted molar refractivity (Wildman–Crippen MR) is 83.6 cm³/mol. The van der Waals surface area contributed by atoms with Crippen LogP contribution < -0.4 is 4.90 Å². The summed E-state index contributed by atoms with van der Waals surface area (Å²) < 4.78 is 0.991. The van der Waals surface area contributed by atoms with Gasteiger partial charge in [0.15, 0.2) is 0 Å². The number of hydrogen-bond donors (Lipinski definition) is 0. The Bertz CT molecular complexity index is 464. The average Bonchev–Trinajstić information content (AvgIpc) is 2.42. The zero-order valence-corrected chi connectivity index (χ0v) is 13.3. The lowest BCUT2D eigenvalue weighted by molar-refractivity contribution is 0.416. The minimum atomic E-state index is 0.528. The van der Waals surface area contributed by atoms with Crippen molar-refractivity contribution in [2.45, 2.75) is 44.6 Å². The van der Waals surface area contributed by atoms with Crippen molar-refractivity contribution >= 4 is 33.2 Å². The fraction of sp³-hybridized carbons (Fsp3) is 0.533. The highest BCUT2D eigenvalue weighted by molar-refractivity contribution is 9.10. The van der Waals surface area contributed by atoms with Gasteiger partial charge in [-0.2, -0.15) is 5.26 Å². The molecule has 0 N–H and O–H groups in total. The summed E-state index contributed by atoms with van der Waals surface area (Å²) in [4.78, 5) is 2.33. The monoisotopic (exact) mass is 340 g/mol. The van der Waals surface area contributed by atoms with Crippen LogP contribution in [-0.2, 0) is 0 Å². The van der Waals surface area contributed by atoms with Crippen molar-refractivity contribution in [2.24, 2.45) is 0 Å². The molecule has 0 atom stereocenters. The minimum Gasteiger partial charge on any atom is -0.366 e. The second-order valence-corrected chi connectivity index (χ2v) is 6.31. The van der Waals surface area contributed by atoms with Gasteiger partial charge in [0.25, 0.3) is 0 Å². The summed E-state index contributed by atoms with van der Waals surface area (Å²) in [5.74, 6) is 0. The maximum absolute atomic E-state index is 8.86. The summed E-state index contributed by atoms with van der Waals surface area (Å²) >= 11 is 9.81. The molecule has 2 nitrogen and oxygen atoms in total. The molecule has 0 aromatic heterocycles. The standard InChI is InChI=1S/C15H18BrClN2/c16-12-7-8-15(14(17)11-12)19(10-4-9-18)13-5-2-1-3-6-13/h7-8,11,13H,1-6,10H2. The van der Waals surface area contributed by atoms with Crippen LogP contribution in [0, 0.1) is 11.3 Å². The van der Waals surface area contributed by atoms with E-state index in [1.165, 1.54) is 32.1 Å². The Morgan fingerprint density at radius 2 is 2.05 bits per heavy atom. The molecule has 1 saturated carbocycles. The quantitative estimate of drug-likeness (QED) is 0.756. The zero-order valence-electron chi connectivity index (χ0n) is 10.9. The lowest BCUT2D eigenvalue weighted by atomic mass is 9.93. The summed E-state index contributed by atoms with van der Waals surface area (Å²) in [7, 11) is 0. The summed E-state index contributed by atoms with van der Waals surface area (Å²) in [6, 6.07) is 8.77. The van der Waals surface area contributed by atoms with E-state index < -0.39 is 0 Å². The van der Waals surface area contributed by atoms with Gasteiger partial charge in [-0.15, -0.1) is 0 Å². The first-order valence-corrected chi connectivity index (χ1v) is 7.98. The molecule has 4 heteroatoms. The molecule has 2 rings (SSSR count). The summed E-state index contributed by atoms with van der Waals surface area (Å²) in [5, 5.41) is 9.62. The van der Waals surface area contributed by atoms with Crippen LogP contribution in [0.2, 0.25) is 5.02 Å². The zero-order chi connectivity index (χ0) is 13.7. The van der Waals surface area contributed by atoms with Gasteiger partial charge in [0, 0.05) is 17.1 Å². The third kappa shape index (κ3) is 3.87. The fourth-order valence-corrected chi connectivity index (χ4v) is 3.56. The minimum absolute atomic E-state index is 0.528. The van der Waals surface area contributed by atoms with Crippen LogP contribution >= 0.6 is 27.5 Å². The van der Waals surface area contributed by atoms with E-state index in [4.69, 9.17) is 16.9 Å². The normalized spacial score (nSPS) is 16.1. The van der Waals surface area contributed by atoms with Gasteiger partial charge in [-0.1, -0.05) is 46.8 Å². The SMILES string of the molecule is N#CCCN(c1ccc(Br)cc1Cl)C1CCCCC1. The number of anilines is 1. The average molecular weight is 342 g/mol. The van der Waals surface area contributed by atoms with E-state index in [1.54, 1.807) is 0 Å². The maximum Gasteiger partial charge on any atom is 0.0650 e. The Balaban J connectivity index is 2.22. The van der Waals surface area contributed by atoms with Crippen LogP contribution in [0.3, 0.4) is 0 Å². The molecule has 1 aliphatic carbocycles. The molecule has 0 radical (unpaired) electrons. The predicted octanol–water partition coefficient (Wildman–Crippen LogP) is 5.16. The first-order chi connectivity index (χ1) is 9.22. The van der Waals surface area contributed by atoms with E-state index in [0.29, 0.717) is 12.5 Å². The van der Waals surface area contributed by atoms with E-state index in [1.807, 2.05) is 12.1 Å². The molecule has 0 unspecified atom stereocenters. The third-order valence-electron chi connectivity index (χ3n) is 3.70. The highest BCUT2D eigenvalue weighted by Gasteiger charge is 2.22. The first kappa shape index (κ1) is 14.7. The van der Waals surface area contributed by atoms with Crippen LogP contribution in [0.4, 0.5) is 5.69 Å². The van der Waals surface area contributed by atoms with Gasteiger partial charge in [0.05, 0.1) is 23.2 Å². The van der Waals surface area contributed by atoms with Crippen molar-refractivity contribution in [1.82, 2.24) is 0 Å².